The van der Waals surface area contributed by atoms with E-state index in [0.29, 0.717) is 17.5 Å². The van der Waals surface area contributed by atoms with Gasteiger partial charge in [-0.25, -0.2) is 8.42 Å². The Morgan fingerprint density at radius 1 is 1.24 bits per heavy atom. The second kappa shape index (κ2) is 9.19. The first-order valence-corrected chi connectivity index (χ1v) is 12.8. The minimum atomic E-state index is -4.35. The van der Waals surface area contributed by atoms with E-state index in [2.05, 4.69) is 10.0 Å². The summed E-state index contributed by atoms with van der Waals surface area (Å²) >= 11 is -0.175. The molecule has 1 fully saturated rings. The van der Waals surface area contributed by atoms with Gasteiger partial charge in [-0.2, -0.15) is 13.2 Å². The number of carbonyl (C=O) groups excluding carboxylic acids is 1. The first-order chi connectivity index (χ1) is 15.2. The quantitative estimate of drug-likeness (QED) is 0.468. The Bertz CT molecular complexity index is 1140. The van der Waals surface area contributed by atoms with Crippen molar-refractivity contribution in [3.8, 4) is 0 Å². The third-order valence-corrected chi connectivity index (χ3v) is 7.08. The van der Waals surface area contributed by atoms with Gasteiger partial charge >= 0.3 is 5.51 Å². The van der Waals surface area contributed by atoms with Crippen LogP contribution >= 0.6 is 11.8 Å². The molecule has 3 atom stereocenters. The fourth-order valence-corrected chi connectivity index (χ4v) is 4.95. The number of anilines is 1. The predicted octanol–water partition coefficient (Wildman–Crippen LogP) is 4.32. The molecule has 180 valence electrons. The molecule has 11 heteroatoms. The van der Waals surface area contributed by atoms with E-state index in [1.165, 1.54) is 18.2 Å². The Labute approximate surface area is 195 Å². The first-order valence-electron chi connectivity index (χ1n) is 10.1. The van der Waals surface area contributed by atoms with Crippen LogP contribution in [0.3, 0.4) is 0 Å². The van der Waals surface area contributed by atoms with Gasteiger partial charge < -0.3 is 10.4 Å². The van der Waals surface area contributed by atoms with Crippen LogP contribution < -0.4 is 10.0 Å². The molecule has 0 bridgehead atoms. The number of amides is 1. The number of thioether (sulfide) groups is 1. The maximum atomic E-state index is 12.8. The Kier molecular flexibility index (Phi) is 7.07. The van der Waals surface area contributed by atoms with Crippen molar-refractivity contribution < 1.29 is 31.5 Å². The zero-order valence-electron chi connectivity index (χ0n) is 18.2. The van der Waals surface area contributed by atoms with Gasteiger partial charge in [0.1, 0.15) is 0 Å². The van der Waals surface area contributed by atoms with Crippen molar-refractivity contribution in [1.82, 2.24) is 5.32 Å². The third-order valence-electron chi connectivity index (χ3n) is 5.75. The third kappa shape index (κ3) is 6.42. The van der Waals surface area contributed by atoms with E-state index < -0.39 is 27.0 Å². The highest BCUT2D eigenvalue weighted by Crippen LogP contribution is 2.54. The van der Waals surface area contributed by atoms with Crippen molar-refractivity contribution in [2.75, 3.05) is 11.0 Å². The van der Waals surface area contributed by atoms with Gasteiger partial charge in [-0.15, -0.1) is 0 Å². The zero-order chi connectivity index (χ0) is 24.6. The molecule has 2 aromatic rings. The van der Waals surface area contributed by atoms with E-state index in [1.807, 2.05) is 6.92 Å². The zero-order valence-corrected chi connectivity index (χ0v) is 19.9. The SMILES string of the molecule is C[C@@H](NC(=O)C1CC1(C)c1ccc(SC(F)(F)F)cc1)c1ccc(NS(C)(=O)=O)c(CO)c1. The van der Waals surface area contributed by atoms with Crippen molar-refractivity contribution in [2.45, 2.75) is 48.7 Å². The summed E-state index contributed by atoms with van der Waals surface area (Å²) in [5.74, 6) is -0.493. The molecule has 0 saturated heterocycles. The second-order valence-electron chi connectivity index (χ2n) is 8.43. The van der Waals surface area contributed by atoms with E-state index in [4.69, 9.17) is 0 Å². The van der Waals surface area contributed by atoms with Gasteiger partial charge in [-0.3, -0.25) is 9.52 Å². The fraction of sp³-hybridized carbons (Fsp3) is 0.409. The lowest BCUT2D eigenvalue weighted by Crippen LogP contribution is -2.30. The number of halogens is 3. The van der Waals surface area contributed by atoms with E-state index >= 15 is 0 Å². The van der Waals surface area contributed by atoms with Crippen LogP contribution in [0.4, 0.5) is 18.9 Å². The summed E-state index contributed by atoms with van der Waals surface area (Å²) in [4.78, 5) is 12.9. The molecule has 3 N–H and O–H groups in total. The molecule has 0 radical (unpaired) electrons. The van der Waals surface area contributed by atoms with Crippen LogP contribution in [0.2, 0.25) is 0 Å². The average molecular weight is 503 g/mol. The van der Waals surface area contributed by atoms with E-state index in [9.17, 15) is 31.5 Å². The van der Waals surface area contributed by atoms with Crippen LogP contribution in [0.1, 0.15) is 43.0 Å². The van der Waals surface area contributed by atoms with Gasteiger partial charge in [-0.1, -0.05) is 25.1 Å². The molecule has 1 aliphatic rings. The fourth-order valence-electron chi connectivity index (χ4n) is 3.81. The Morgan fingerprint density at radius 3 is 2.42 bits per heavy atom. The number of alkyl halides is 3. The van der Waals surface area contributed by atoms with Gasteiger partial charge in [0, 0.05) is 21.8 Å². The number of hydrogen-bond donors (Lipinski definition) is 3. The van der Waals surface area contributed by atoms with Gasteiger partial charge in [0.05, 0.1) is 24.6 Å². The van der Waals surface area contributed by atoms with Crippen LogP contribution in [0.15, 0.2) is 47.4 Å². The minimum absolute atomic E-state index is 0.0959. The molecule has 0 spiro atoms. The molecule has 0 aromatic heterocycles. The molecule has 0 heterocycles. The molecular weight excluding hydrogens is 477 g/mol. The number of rotatable bonds is 8. The van der Waals surface area contributed by atoms with Gasteiger partial charge in [0.25, 0.3) is 0 Å². The molecule has 1 amide bonds. The monoisotopic (exact) mass is 502 g/mol. The number of aliphatic hydroxyl groups is 1. The Hall–Kier alpha value is -2.24. The molecule has 0 aliphatic heterocycles. The highest BCUT2D eigenvalue weighted by atomic mass is 32.2. The summed E-state index contributed by atoms with van der Waals surface area (Å²) < 4.78 is 62.9. The molecular formula is C22H25F3N2O4S2. The lowest BCUT2D eigenvalue weighted by molar-refractivity contribution is -0.123. The number of carbonyl (C=O) groups is 1. The Balaban J connectivity index is 1.66. The smallest absolute Gasteiger partial charge is 0.392 e. The van der Waals surface area contributed by atoms with E-state index in [1.54, 1.807) is 31.2 Å². The van der Waals surface area contributed by atoms with E-state index in [0.717, 1.165) is 11.8 Å². The second-order valence-corrected chi connectivity index (χ2v) is 11.3. The minimum Gasteiger partial charge on any atom is -0.392 e. The van der Waals surface area contributed by atoms with Crippen LogP contribution in [-0.2, 0) is 26.8 Å². The highest BCUT2D eigenvalue weighted by molar-refractivity contribution is 8.00. The van der Waals surface area contributed by atoms with Crippen molar-refractivity contribution in [1.29, 1.82) is 0 Å². The highest BCUT2D eigenvalue weighted by Gasteiger charge is 2.55. The number of nitrogens with one attached hydrogen (secondary N) is 2. The molecule has 1 aliphatic carbocycles. The summed E-state index contributed by atoms with van der Waals surface area (Å²) in [6.07, 6.45) is 1.59. The molecule has 6 nitrogen and oxygen atoms in total. The topological polar surface area (TPSA) is 95.5 Å². The number of aliphatic hydroxyl groups excluding tert-OH is 1. The van der Waals surface area contributed by atoms with Crippen LogP contribution in [0, 0.1) is 5.92 Å². The maximum absolute atomic E-state index is 12.8. The van der Waals surface area contributed by atoms with Gasteiger partial charge in [-0.05, 0) is 60.5 Å². The van der Waals surface area contributed by atoms with Crippen molar-refractivity contribution in [3.05, 3.63) is 59.2 Å². The molecule has 3 rings (SSSR count). The lowest BCUT2D eigenvalue weighted by Gasteiger charge is -2.18. The lowest BCUT2D eigenvalue weighted by atomic mass is 9.95. The average Bonchev–Trinajstić information content (AvgIpc) is 3.39. The standard InChI is InChI=1S/C22H25F3N2O4S2/c1-13(14-4-9-19(15(10-14)12-28)27-33(3,30)31)26-20(29)18-11-21(18,2)16-5-7-17(8-6-16)32-22(23,24)25/h4-10,13,18,27-28H,11-12H2,1-3H3,(H,26,29)/t13-,18?,21?/m1/s1. The van der Waals surface area contributed by atoms with Crippen molar-refractivity contribution in [2.24, 2.45) is 5.92 Å². The Morgan fingerprint density at radius 2 is 1.88 bits per heavy atom. The predicted molar refractivity (Wildman–Crippen MR) is 121 cm³/mol. The summed E-state index contributed by atoms with van der Waals surface area (Å²) in [5.41, 5.74) is -2.65. The molecule has 1 saturated carbocycles. The summed E-state index contributed by atoms with van der Waals surface area (Å²) in [6.45, 7) is 3.31. The van der Waals surface area contributed by atoms with Crippen LogP contribution in [-0.4, -0.2) is 31.2 Å². The molecule has 2 aromatic carbocycles. The molecule has 2 unspecified atom stereocenters. The summed E-state index contributed by atoms with van der Waals surface area (Å²) in [6, 6.07) is 10.5. The van der Waals surface area contributed by atoms with Gasteiger partial charge in [0.15, 0.2) is 0 Å². The summed E-state index contributed by atoms with van der Waals surface area (Å²) in [5, 5.41) is 12.5. The molecule has 33 heavy (non-hydrogen) atoms. The number of sulfonamides is 1. The summed E-state index contributed by atoms with van der Waals surface area (Å²) in [7, 11) is -3.50. The van der Waals surface area contributed by atoms with E-state index in [-0.39, 0.29) is 40.8 Å². The van der Waals surface area contributed by atoms with Crippen LogP contribution in [0.25, 0.3) is 0 Å². The normalized spacial score (nSPS) is 21.4. The van der Waals surface area contributed by atoms with Crippen LogP contribution in [0.5, 0.6) is 0 Å². The van der Waals surface area contributed by atoms with Crippen molar-refractivity contribution in [3.63, 3.8) is 0 Å². The van der Waals surface area contributed by atoms with Gasteiger partial charge in [0.2, 0.25) is 15.9 Å². The number of benzene rings is 2. The maximum Gasteiger partial charge on any atom is 0.446 e. The number of hydrogen-bond acceptors (Lipinski definition) is 5. The largest absolute Gasteiger partial charge is 0.446 e. The first kappa shape index (κ1) is 25.4. The van der Waals surface area contributed by atoms with Crippen molar-refractivity contribution >= 4 is 33.4 Å².